The minimum atomic E-state index is -0.317. The van der Waals surface area contributed by atoms with Gasteiger partial charge in [0.05, 0.1) is 0 Å². The van der Waals surface area contributed by atoms with Gasteiger partial charge in [0.25, 0.3) is 5.17 Å². The van der Waals surface area contributed by atoms with Crippen molar-refractivity contribution in [2.45, 2.75) is 26.9 Å². The van der Waals surface area contributed by atoms with E-state index in [1.165, 1.54) is 0 Å². The summed E-state index contributed by atoms with van der Waals surface area (Å²) in [4.78, 5) is 8.02. The van der Waals surface area contributed by atoms with E-state index in [-0.39, 0.29) is 11.5 Å². The van der Waals surface area contributed by atoms with E-state index in [9.17, 15) is 0 Å². The second-order valence-corrected chi connectivity index (χ2v) is 6.89. The van der Waals surface area contributed by atoms with Crippen LogP contribution in [0.25, 0.3) is 11.3 Å². The number of imidazole rings is 1. The highest BCUT2D eigenvalue weighted by molar-refractivity contribution is 7.80. The van der Waals surface area contributed by atoms with E-state index in [1.54, 1.807) is 35.7 Å². The molecule has 24 heavy (non-hydrogen) atoms. The number of aromatic nitrogens is 3. The molecular weight excluding hydrogens is 322 g/mol. The van der Waals surface area contributed by atoms with Crippen LogP contribution in [-0.4, -0.2) is 19.7 Å². The smallest absolute Gasteiger partial charge is 0.269 e. The highest BCUT2D eigenvalue weighted by Crippen LogP contribution is 2.38. The van der Waals surface area contributed by atoms with Gasteiger partial charge in [-0.05, 0) is 36.5 Å². The van der Waals surface area contributed by atoms with Gasteiger partial charge in [-0.15, -0.1) is 0 Å². The number of hydrogen-bond acceptors (Lipinski definition) is 5. The standard InChI is InChI=1S/C18H19N3O2S/c1-18(2,3)16(23-17(24)21-11-10-20-12-21)15-5-4-14(22-15)13-6-8-19-9-7-13/h4-12,16H,1-3H3. The first-order valence-electron chi connectivity index (χ1n) is 7.64. The van der Waals surface area contributed by atoms with E-state index < -0.39 is 0 Å². The molecule has 0 aliphatic carbocycles. The Morgan fingerprint density at radius 1 is 1.12 bits per heavy atom. The lowest BCUT2D eigenvalue weighted by atomic mass is 9.87. The molecule has 0 fully saturated rings. The Labute approximate surface area is 146 Å². The fraction of sp³-hybridized carbons (Fsp3) is 0.278. The van der Waals surface area contributed by atoms with Crippen molar-refractivity contribution in [1.82, 2.24) is 14.5 Å². The van der Waals surface area contributed by atoms with E-state index in [0.29, 0.717) is 5.17 Å². The van der Waals surface area contributed by atoms with Gasteiger partial charge in [-0.25, -0.2) is 4.98 Å². The molecule has 0 radical (unpaired) electrons. The summed E-state index contributed by atoms with van der Waals surface area (Å²) in [5, 5.41) is 0.342. The SMILES string of the molecule is CC(C)(C)C(OC(=S)n1ccnc1)c1ccc(-c2ccncc2)o1. The molecular formula is C18H19N3O2S. The number of furan rings is 1. The van der Waals surface area contributed by atoms with Crippen LogP contribution in [0.15, 0.2) is 59.8 Å². The van der Waals surface area contributed by atoms with Crippen molar-refractivity contribution in [2.75, 3.05) is 0 Å². The minimum Gasteiger partial charge on any atom is -0.458 e. The lowest BCUT2D eigenvalue weighted by Gasteiger charge is -2.29. The molecule has 3 heterocycles. The highest BCUT2D eigenvalue weighted by atomic mass is 32.1. The molecule has 3 aromatic heterocycles. The number of ether oxygens (including phenoxy) is 1. The Bertz CT molecular complexity index is 804. The van der Waals surface area contributed by atoms with Gasteiger partial charge in [-0.1, -0.05) is 20.8 Å². The molecule has 0 bridgehead atoms. The minimum absolute atomic E-state index is 0.196. The second kappa shape index (κ2) is 6.57. The van der Waals surface area contributed by atoms with Crippen LogP contribution >= 0.6 is 12.2 Å². The third-order valence-corrected chi connectivity index (χ3v) is 3.88. The quantitative estimate of drug-likeness (QED) is 0.658. The van der Waals surface area contributed by atoms with Crippen LogP contribution in [0.4, 0.5) is 0 Å². The molecule has 3 aromatic rings. The average molecular weight is 341 g/mol. The van der Waals surface area contributed by atoms with Crippen LogP contribution in [0.5, 0.6) is 0 Å². The van der Waals surface area contributed by atoms with E-state index in [1.807, 2.05) is 24.3 Å². The molecule has 0 amide bonds. The van der Waals surface area contributed by atoms with Crippen molar-refractivity contribution >= 4 is 17.4 Å². The number of nitrogens with zero attached hydrogens (tertiary/aromatic N) is 3. The summed E-state index contributed by atoms with van der Waals surface area (Å²) in [6, 6.07) is 7.69. The van der Waals surface area contributed by atoms with Gasteiger partial charge >= 0.3 is 0 Å². The molecule has 0 aromatic carbocycles. The Kier molecular flexibility index (Phi) is 4.49. The topological polar surface area (TPSA) is 53.1 Å². The van der Waals surface area contributed by atoms with Crippen LogP contribution in [0.1, 0.15) is 32.6 Å². The molecule has 0 N–H and O–H groups in total. The monoisotopic (exact) mass is 341 g/mol. The fourth-order valence-electron chi connectivity index (χ4n) is 2.36. The van der Waals surface area contributed by atoms with E-state index in [2.05, 4.69) is 30.7 Å². The normalized spacial score (nSPS) is 12.8. The lowest BCUT2D eigenvalue weighted by molar-refractivity contribution is 0.0556. The van der Waals surface area contributed by atoms with Gasteiger partial charge in [-0.3, -0.25) is 9.55 Å². The van der Waals surface area contributed by atoms with Crippen LogP contribution in [0, 0.1) is 5.41 Å². The molecule has 0 aliphatic rings. The van der Waals surface area contributed by atoms with Crippen LogP contribution in [0.2, 0.25) is 0 Å². The van der Waals surface area contributed by atoms with Crippen molar-refractivity contribution in [2.24, 2.45) is 5.41 Å². The van der Waals surface area contributed by atoms with Crippen molar-refractivity contribution in [3.05, 3.63) is 61.1 Å². The van der Waals surface area contributed by atoms with Gasteiger partial charge in [-0.2, -0.15) is 0 Å². The lowest BCUT2D eigenvalue weighted by Crippen LogP contribution is -2.25. The maximum absolute atomic E-state index is 6.04. The first-order chi connectivity index (χ1) is 11.4. The molecule has 5 nitrogen and oxygen atoms in total. The summed E-state index contributed by atoms with van der Waals surface area (Å²) < 4.78 is 13.7. The largest absolute Gasteiger partial charge is 0.458 e. The summed E-state index contributed by atoms with van der Waals surface area (Å²) in [7, 11) is 0. The molecule has 0 spiro atoms. The molecule has 3 rings (SSSR count). The maximum Gasteiger partial charge on any atom is 0.269 e. The molecule has 1 atom stereocenters. The van der Waals surface area contributed by atoms with Crippen molar-refractivity contribution < 1.29 is 9.15 Å². The van der Waals surface area contributed by atoms with Gasteiger partial charge in [0, 0.05) is 35.8 Å². The number of thiocarbonyl (C=S) groups is 1. The third kappa shape index (κ3) is 3.54. The van der Waals surface area contributed by atoms with Gasteiger partial charge in [0.15, 0.2) is 6.10 Å². The second-order valence-electron chi connectivity index (χ2n) is 6.54. The first kappa shape index (κ1) is 16.4. The molecule has 0 saturated heterocycles. The van der Waals surface area contributed by atoms with Crippen LogP contribution in [-0.2, 0) is 4.74 Å². The third-order valence-electron chi connectivity index (χ3n) is 3.57. The molecule has 0 saturated carbocycles. The number of pyridine rings is 1. The van der Waals surface area contributed by atoms with Gasteiger partial charge < -0.3 is 9.15 Å². The van der Waals surface area contributed by atoms with E-state index in [4.69, 9.17) is 21.4 Å². The van der Waals surface area contributed by atoms with Gasteiger partial charge in [0.2, 0.25) is 0 Å². The Hall–Kier alpha value is -2.47. The Morgan fingerprint density at radius 2 is 1.88 bits per heavy atom. The Balaban J connectivity index is 1.87. The zero-order chi connectivity index (χ0) is 17.2. The number of rotatable bonds is 3. The Morgan fingerprint density at radius 3 is 2.50 bits per heavy atom. The van der Waals surface area contributed by atoms with Gasteiger partial charge in [0.1, 0.15) is 17.8 Å². The summed E-state index contributed by atoms with van der Waals surface area (Å²) in [6.45, 7) is 6.26. The zero-order valence-electron chi connectivity index (χ0n) is 13.8. The summed E-state index contributed by atoms with van der Waals surface area (Å²) in [5.41, 5.74) is 0.777. The zero-order valence-corrected chi connectivity index (χ0v) is 14.7. The maximum atomic E-state index is 6.04. The van der Waals surface area contributed by atoms with Crippen molar-refractivity contribution in [3.8, 4) is 11.3 Å². The van der Waals surface area contributed by atoms with Crippen molar-refractivity contribution in [1.29, 1.82) is 0 Å². The molecule has 0 aliphatic heterocycles. The predicted octanol–water partition coefficient (Wildman–Crippen LogP) is 4.48. The van der Waals surface area contributed by atoms with Crippen LogP contribution < -0.4 is 0 Å². The highest BCUT2D eigenvalue weighted by Gasteiger charge is 2.32. The van der Waals surface area contributed by atoms with Crippen molar-refractivity contribution in [3.63, 3.8) is 0 Å². The summed E-state index contributed by atoms with van der Waals surface area (Å²) >= 11 is 5.37. The van der Waals surface area contributed by atoms with Crippen LogP contribution in [0.3, 0.4) is 0 Å². The van der Waals surface area contributed by atoms with E-state index >= 15 is 0 Å². The molecule has 1 unspecified atom stereocenters. The summed E-state index contributed by atoms with van der Waals surface area (Å²) in [6.07, 6.45) is 8.20. The fourth-order valence-corrected chi connectivity index (χ4v) is 2.56. The summed E-state index contributed by atoms with van der Waals surface area (Å²) in [5.74, 6) is 1.51. The first-order valence-corrected chi connectivity index (χ1v) is 8.05. The molecule has 124 valence electrons. The predicted molar refractivity (Wildman–Crippen MR) is 95.4 cm³/mol. The number of hydrogen-bond donors (Lipinski definition) is 0. The average Bonchev–Trinajstić information content (AvgIpc) is 3.23. The molecule has 6 heteroatoms. The van der Waals surface area contributed by atoms with E-state index in [0.717, 1.165) is 17.1 Å².